The number of aryl methyl sites for hydroxylation is 1. The lowest BCUT2D eigenvalue weighted by atomic mass is 9.85. The summed E-state index contributed by atoms with van der Waals surface area (Å²) in [7, 11) is 0. The molecule has 0 radical (unpaired) electrons. The van der Waals surface area contributed by atoms with E-state index in [9.17, 15) is 29.0 Å². The number of carbonyl (C=O) groups is 3. The van der Waals surface area contributed by atoms with E-state index in [1.165, 1.54) is 4.90 Å². The van der Waals surface area contributed by atoms with Gasteiger partial charge in [0.15, 0.2) is 11.3 Å². The van der Waals surface area contributed by atoms with Crippen LogP contribution in [0.3, 0.4) is 0 Å². The molecule has 2 saturated heterocycles. The van der Waals surface area contributed by atoms with Gasteiger partial charge in [0, 0.05) is 97.8 Å². The highest BCUT2D eigenvalue weighted by atomic mass is 32.1. The number of aliphatic hydroxyl groups excluding tert-OH is 1. The van der Waals surface area contributed by atoms with Crippen LogP contribution in [0.15, 0.2) is 66.4 Å². The summed E-state index contributed by atoms with van der Waals surface area (Å²) in [6.07, 6.45) is 5.36. The lowest BCUT2D eigenvalue weighted by Gasteiger charge is -2.35. The number of rotatable bonds is 13. The molecule has 1 saturated carbocycles. The number of nitrogens with one attached hydrogen (secondary N) is 3. The van der Waals surface area contributed by atoms with Gasteiger partial charge in [0.25, 0.3) is 5.91 Å². The number of benzene rings is 2. The normalized spacial score (nSPS) is 20.7. The van der Waals surface area contributed by atoms with Crippen LogP contribution in [0.25, 0.3) is 32.7 Å². The van der Waals surface area contributed by atoms with E-state index in [2.05, 4.69) is 47.5 Å². The van der Waals surface area contributed by atoms with Gasteiger partial charge in [-0.2, -0.15) is 0 Å². The average Bonchev–Trinajstić information content (AvgIpc) is 3.60. The van der Waals surface area contributed by atoms with Gasteiger partial charge in [-0.3, -0.25) is 19.3 Å². The van der Waals surface area contributed by atoms with Crippen molar-refractivity contribution in [3.63, 3.8) is 0 Å². The Morgan fingerprint density at radius 2 is 1.79 bits per heavy atom. The maximum absolute atomic E-state index is 14.7. The maximum atomic E-state index is 14.7. The zero-order valence-electron chi connectivity index (χ0n) is 40.6. The van der Waals surface area contributed by atoms with Crippen molar-refractivity contribution in [2.45, 2.75) is 122 Å². The van der Waals surface area contributed by atoms with Crippen molar-refractivity contribution in [3.8, 4) is 33.2 Å². The lowest BCUT2D eigenvalue weighted by Crippen LogP contribution is -2.59. The van der Waals surface area contributed by atoms with E-state index in [-0.39, 0.29) is 50.2 Å². The summed E-state index contributed by atoms with van der Waals surface area (Å²) in [6, 6.07) is 12.9. The Bertz CT molecular complexity index is 2960. The molecule has 3 fully saturated rings. The summed E-state index contributed by atoms with van der Waals surface area (Å²) in [5.41, 5.74) is 6.88. The van der Waals surface area contributed by atoms with Crippen molar-refractivity contribution in [2.75, 3.05) is 31.1 Å². The highest BCUT2D eigenvalue weighted by Gasteiger charge is 2.53. The van der Waals surface area contributed by atoms with Gasteiger partial charge in [-0.05, 0) is 74.8 Å². The number of thiazole rings is 1. The van der Waals surface area contributed by atoms with Gasteiger partial charge in [-0.25, -0.2) is 19.3 Å². The number of H-pyrrole nitrogens is 1. The molecule has 5 N–H and O–H groups in total. The molecule has 7 heterocycles. The Kier molecular flexibility index (Phi) is 13.0. The van der Waals surface area contributed by atoms with Crippen LogP contribution < -0.4 is 20.3 Å². The van der Waals surface area contributed by atoms with E-state index in [1.54, 1.807) is 44.2 Å². The molecule has 372 valence electrons. The minimum atomic E-state index is -1.97. The number of fused-ring (bicyclic) bond motifs is 3. The molecule has 4 atom stereocenters. The molecule has 10 rings (SSSR count). The van der Waals surface area contributed by atoms with Crippen LogP contribution >= 0.6 is 11.3 Å². The van der Waals surface area contributed by atoms with Gasteiger partial charge in [0.05, 0.1) is 33.9 Å². The summed E-state index contributed by atoms with van der Waals surface area (Å²) in [6.45, 7) is 12.5. The lowest BCUT2D eigenvalue weighted by molar-refractivity contribution is -0.145. The fraction of sp³-hybridized carbons (Fsp3) is 0.462. The highest BCUT2D eigenvalue weighted by molar-refractivity contribution is 7.13. The van der Waals surface area contributed by atoms with Crippen molar-refractivity contribution in [3.05, 3.63) is 94.5 Å². The molecular weight excluding hydrogens is 926 g/mol. The largest absolute Gasteiger partial charge is 0.507 e. The highest BCUT2D eigenvalue weighted by Crippen LogP contribution is 2.41. The minimum absolute atomic E-state index is 0.0299. The number of β-amino-alcohol motifs (C(OH)–C–C–N with tert-alkyl or cyclic N) is 1. The van der Waals surface area contributed by atoms with E-state index in [0.717, 1.165) is 82.8 Å². The molecule has 0 spiro atoms. The second-order valence-electron chi connectivity index (χ2n) is 20.6. The first-order valence-electron chi connectivity index (χ1n) is 24.5. The standard InChI is InChI=1S/C52H60FN11O6S/c1-29-44(71-28-57-29)32-10-11-33(25-54-47(67)40-21-34(65)27-64(40)48(68)45(51(3,4)5)59-49(69)52(53)15-16-52)42(20-32)70-35-12-17-62(18-13-35)26-31-23-55-50(56-24-31)63-19-14-38-43(30(63)2)37-22-39(60-61-46(37)58-38)36-8-6-7-9-41(36)66/h6-11,20,22-24,28,30,34-35,40,45,65-66H,12-19,21,25-27H2,1-5H3,(H,54,67)(H,58,61)(H,59,69)/t30-,34+,40-,45+/m0/s1. The Morgan fingerprint density at radius 1 is 1.03 bits per heavy atom. The number of alkyl halides is 1. The number of amides is 3. The van der Waals surface area contributed by atoms with Gasteiger partial charge < -0.3 is 40.4 Å². The first-order valence-corrected chi connectivity index (χ1v) is 25.3. The van der Waals surface area contributed by atoms with E-state index < -0.39 is 47.0 Å². The second-order valence-corrected chi connectivity index (χ2v) is 21.4. The van der Waals surface area contributed by atoms with E-state index in [4.69, 9.17) is 14.7 Å². The number of aliphatic hydroxyl groups is 1. The minimum Gasteiger partial charge on any atom is -0.507 e. The Morgan fingerprint density at radius 3 is 2.49 bits per heavy atom. The van der Waals surface area contributed by atoms with Crippen molar-refractivity contribution < 1.29 is 33.7 Å². The molecule has 19 heteroatoms. The number of carbonyl (C=O) groups excluding carboxylic acids is 3. The number of hydrogen-bond donors (Lipinski definition) is 5. The number of aromatic hydroxyl groups is 1. The van der Waals surface area contributed by atoms with Crippen molar-refractivity contribution >= 4 is 46.0 Å². The number of aromatic amines is 1. The zero-order valence-corrected chi connectivity index (χ0v) is 41.4. The first kappa shape index (κ1) is 48.1. The molecule has 0 bridgehead atoms. The summed E-state index contributed by atoms with van der Waals surface area (Å²) < 4.78 is 21.5. The first-order chi connectivity index (χ1) is 34.0. The molecule has 71 heavy (non-hydrogen) atoms. The summed E-state index contributed by atoms with van der Waals surface area (Å²) >= 11 is 1.54. The Hall–Kier alpha value is -6.57. The number of likely N-dealkylation sites (tertiary alicyclic amines) is 2. The number of halogens is 1. The van der Waals surface area contributed by atoms with Crippen LogP contribution in [0.5, 0.6) is 11.5 Å². The van der Waals surface area contributed by atoms with Crippen molar-refractivity contribution in [2.24, 2.45) is 5.41 Å². The van der Waals surface area contributed by atoms with Crippen LogP contribution in [-0.4, -0.2) is 124 Å². The third-order valence-corrected chi connectivity index (χ3v) is 15.4. The average molecular weight is 986 g/mol. The van der Waals surface area contributed by atoms with Crippen LogP contribution in [0.4, 0.5) is 10.3 Å². The smallest absolute Gasteiger partial charge is 0.258 e. The van der Waals surface area contributed by atoms with Gasteiger partial charge in [0.2, 0.25) is 17.8 Å². The van der Waals surface area contributed by atoms with E-state index in [0.29, 0.717) is 35.1 Å². The van der Waals surface area contributed by atoms with E-state index >= 15 is 0 Å². The summed E-state index contributed by atoms with van der Waals surface area (Å²) in [5.74, 6) is -0.346. The number of ether oxygens (including phenoxy) is 1. The maximum Gasteiger partial charge on any atom is 0.258 e. The van der Waals surface area contributed by atoms with Crippen LogP contribution in [0.2, 0.25) is 0 Å². The fourth-order valence-corrected chi connectivity index (χ4v) is 11.0. The van der Waals surface area contributed by atoms with Crippen LogP contribution in [0.1, 0.15) is 93.9 Å². The summed E-state index contributed by atoms with van der Waals surface area (Å²) in [4.78, 5) is 65.3. The fourth-order valence-electron chi connectivity index (χ4n) is 10.2. The number of aromatic nitrogens is 6. The Balaban J connectivity index is 0.775. The summed E-state index contributed by atoms with van der Waals surface area (Å²) in [5, 5.41) is 36.7. The predicted octanol–water partition coefficient (Wildman–Crippen LogP) is 6.33. The predicted molar refractivity (Wildman–Crippen MR) is 266 cm³/mol. The number of nitrogens with zero attached hydrogens (tertiary/aromatic N) is 8. The molecular formula is C52H60FN11O6S. The molecule has 2 aromatic carbocycles. The molecule has 3 amide bonds. The van der Waals surface area contributed by atoms with Crippen molar-refractivity contribution in [1.82, 2.24) is 50.6 Å². The van der Waals surface area contributed by atoms with Gasteiger partial charge in [-0.15, -0.1) is 21.5 Å². The molecule has 6 aromatic rings. The Labute approximate surface area is 415 Å². The molecule has 4 aromatic heterocycles. The number of hydrogen-bond acceptors (Lipinski definition) is 14. The van der Waals surface area contributed by atoms with Crippen LogP contribution in [-0.2, 0) is 33.9 Å². The molecule has 1 aliphatic carbocycles. The second kappa shape index (κ2) is 19.2. The molecule has 4 aliphatic rings. The van der Waals surface area contributed by atoms with Crippen LogP contribution in [0, 0.1) is 12.3 Å². The number of para-hydroxylation sites is 1. The molecule has 17 nitrogen and oxygen atoms in total. The van der Waals surface area contributed by atoms with E-state index in [1.807, 2.05) is 61.2 Å². The number of anilines is 1. The zero-order chi connectivity index (χ0) is 49.8. The molecule has 0 unspecified atom stereocenters. The number of piperidine rings is 1. The van der Waals surface area contributed by atoms with Gasteiger partial charge in [-0.1, -0.05) is 45.0 Å². The van der Waals surface area contributed by atoms with Gasteiger partial charge in [0.1, 0.15) is 29.7 Å². The number of phenols is 1. The number of phenolic OH excluding ortho intramolecular Hbond substituents is 1. The monoisotopic (exact) mass is 985 g/mol. The third-order valence-electron chi connectivity index (χ3n) is 14.4. The topological polar surface area (TPSA) is 215 Å². The molecule has 3 aliphatic heterocycles. The third kappa shape index (κ3) is 9.91. The quantitative estimate of drug-likeness (QED) is 0.0857. The van der Waals surface area contributed by atoms with Gasteiger partial charge >= 0.3 is 0 Å². The van der Waals surface area contributed by atoms with Crippen molar-refractivity contribution in [1.29, 1.82) is 0 Å². The SMILES string of the molecule is Cc1ncsc1-c1ccc(CNC(=O)[C@@H]2C[C@@H](O)CN2C(=O)[C@@H](NC(=O)C2(F)CC2)C(C)(C)C)c(OC2CCN(Cc3cnc(N4CCc5[nH]c6nnc(-c7ccccc7O)cc6c5[C@@H]4C)nc3)CC2)c1.